The molecule has 1 saturated heterocycles. The number of carbonyl (C=O) groups is 2. The van der Waals surface area contributed by atoms with Crippen molar-refractivity contribution in [2.45, 2.75) is 31.7 Å². The Balaban J connectivity index is 1.78. The summed E-state index contributed by atoms with van der Waals surface area (Å²) in [4.78, 5) is 30.8. The highest BCUT2D eigenvalue weighted by molar-refractivity contribution is 5.94. The summed E-state index contributed by atoms with van der Waals surface area (Å²) < 4.78 is 0. The van der Waals surface area contributed by atoms with Crippen molar-refractivity contribution in [1.82, 2.24) is 15.2 Å². The van der Waals surface area contributed by atoms with Crippen LogP contribution >= 0.6 is 0 Å². The van der Waals surface area contributed by atoms with Gasteiger partial charge in [-0.1, -0.05) is 36.8 Å². The van der Waals surface area contributed by atoms with Crippen LogP contribution < -0.4 is 5.32 Å². The Kier molecular flexibility index (Phi) is 5.77. The molecule has 25 heavy (non-hydrogen) atoms. The summed E-state index contributed by atoms with van der Waals surface area (Å²) in [5, 5.41) is 3.08. The van der Waals surface area contributed by atoms with Crippen LogP contribution in [-0.4, -0.2) is 34.8 Å². The molecule has 130 valence electrons. The first-order valence-corrected chi connectivity index (χ1v) is 8.77. The first kappa shape index (κ1) is 17.1. The fourth-order valence-electron chi connectivity index (χ4n) is 3.12. The van der Waals surface area contributed by atoms with E-state index in [1.54, 1.807) is 24.5 Å². The zero-order valence-corrected chi connectivity index (χ0v) is 14.2. The Labute approximate surface area is 148 Å². The Bertz CT molecular complexity index is 703. The van der Waals surface area contributed by atoms with Gasteiger partial charge in [-0.2, -0.15) is 0 Å². The highest BCUT2D eigenvalue weighted by atomic mass is 16.2. The van der Waals surface area contributed by atoms with Crippen LogP contribution in [0.3, 0.4) is 0 Å². The summed E-state index contributed by atoms with van der Waals surface area (Å²) in [6, 6.07) is 13.0. The molecule has 1 N–H and O–H groups in total. The van der Waals surface area contributed by atoms with E-state index in [0.717, 1.165) is 31.4 Å². The monoisotopic (exact) mass is 337 g/mol. The van der Waals surface area contributed by atoms with Gasteiger partial charge in [-0.25, -0.2) is 0 Å². The Morgan fingerprint density at radius 3 is 2.60 bits per heavy atom. The van der Waals surface area contributed by atoms with Gasteiger partial charge in [0, 0.05) is 37.5 Å². The van der Waals surface area contributed by atoms with Crippen molar-refractivity contribution in [3.05, 3.63) is 66.0 Å². The number of carbonyl (C=O) groups excluding carboxylic acids is 2. The number of likely N-dealkylation sites (tertiary alicyclic amines) is 1. The maximum absolute atomic E-state index is 12.6. The van der Waals surface area contributed by atoms with Crippen LogP contribution in [0.15, 0.2) is 54.9 Å². The lowest BCUT2D eigenvalue weighted by Gasteiger charge is -2.27. The molecule has 3 rings (SSSR count). The second-order valence-corrected chi connectivity index (χ2v) is 6.32. The third-order valence-corrected chi connectivity index (χ3v) is 4.52. The van der Waals surface area contributed by atoms with E-state index >= 15 is 0 Å². The molecule has 1 atom stereocenters. The SMILES string of the molecule is O=C(N[C@@H](CN1CCCCCC1=O)c1ccccc1)c1ccncc1. The van der Waals surface area contributed by atoms with E-state index in [1.165, 1.54) is 0 Å². The largest absolute Gasteiger partial charge is 0.343 e. The van der Waals surface area contributed by atoms with Crippen molar-refractivity contribution >= 4 is 11.8 Å². The van der Waals surface area contributed by atoms with E-state index in [9.17, 15) is 9.59 Å². The van der Waals surface area contributed by atoms with Gasteiger partial charge in [0.2, 0.25) is 5.91 Å². The molecular weight excluding hydrogens is 314 g/mol. The molecule has 1 aliphatic heterocycles. The number of rotatable bonds is 5. The van der Waals surface area contributed by atoms with E-state index in [2.05, 4.69) is 10.3 Å². The molecule has 1 aliphatic rings. The lowest BCUT2D eigenvalue weighted by Crippen LogP contribution is -2.40. The summed E-state index contributed by atoms with van der Waals surface area (Å²) in [7, 11) is 0. The summed E-state index contributed by atoms with van der Waals surface area (Å²) in [5.41, 5.74) is 1.57. The van der Waals surface area contributed by atoms with Crippen LogP contribution in [0.4, 0.5) is 0 Å². The average molecular weight is 337 g/mol. The zero-order chi connectivity index (χ0) is 17.5. The van der Waals surface area contributed by atoms with E-state index in [0.29, 0.717) is 18.5 Å². The molecule has 5 nitrogen and oxygen atoms in total. The van der Waals surface area contributed by atoms with E-state index in [-0.39, 0.29) is 17.9 Å². The minimum absolute atomic E-state index is 0.154. The summed E-state index contributed by atoms with van der Waals surface area (Å²) >= 11 is 0. The zero-order valence-electron chi connectivity index (χ0n) is 14.2. The fraction of sp³-hybridized carbons (Fsp3) is 0.350. The van der Waals surface area contributed by atoms with Crippen molar-refractivity contribution < 1.29 is 9.59 Å². The number of benzene rings is 1. The smallest absolute Gasteiger partial charge is 0.251 e. The van der Waals surface area contributed by atoms with E-state index in [4.69, 9.17) is 0 Å². The first-order valence-electron chi connectivity index (χ1n) is 8.77. The number of hydrogen-bond donors (Lipinski definition) is 1. The van der Waals surface area contributed by atoms with Crippen LogP contribution in [0.5, 0.6) is 0 Å². The molecule has 0 saturated carbocycles. The van der Waals surface area contributed by atoms with Crippen LogP contribution in [0.2, 0.25) is 0 Å². The molecule has 0 unspecified atom stereocenters. The van der Waals surface area contributed by atoms with Gasteiger partial charge in [-0.15, -0.1) is 0 Å². The van der Waals surface area contributed by atoms with Gasteiger partial charge in [-0.05, 0) is 30.5 Å². The molecule has 2 amide bonds. The first-order chi connectivity index (χ1) is 12.2. The van der Waals surface area contributed by atoms with Crippen molar-refractivity contribution in [2.75, 3.05) is 13.1 Å². The second-order valence-electron chi connectivity index (χ2n) is 6.32. The minimum Gasteiger partial charge on any atom is -0.343 e. The number of nitrogens with one attached hydrogen (secondary N) is 1. The highest BCUT2D eigenvalue weighted by Gasteiger charge is 2.23. The normalized spacial score (nSPS) is 16.2. The van der Waals surface area contributed by atoms with Crippen molar-refractivity contribution in [3.63, 3.8) is 0 Å². The maximum atomic E-state index is 12.6. The van der Waals surface area contributed by atoms with Gasteiger partial charge in [0.05, 0.1) is 6.04 Å². The Morgan fingerprint density at radius 1 is 1.08 bits per heavy atom. The average Bonchev–Trinajstić information content (AvgIpc) is 2.87. The van der Waals surface area contributed by atoms with Gasteiger partial charge in [0.25, 0.3) is 5.91 Å². The number of nitrogens with zero attached hydrogens (tertiary/aromatic N) is 2. The topological polar surface area (TPSA) is 62.3 Å². The maximum Gasteiger partial charge on any atom is 0.251 e. The minimum atomic E-state index is -0.232. The molecule has 1 aromatic heterocycles. The standard InChI is InChI=1S/C20H23N3O2/c24-19-9-5-2-6-14-23(19)15-18(16-7-3-1-4-8-16)22-20(25)17-10-12-21-13-11-17/h1,3-4,7-8,10-13,18H,2,5-6,9,14-15H2,(H,22,25)/t18-/m0/s1. The quantitative estimate of drug-likeness (QED) is 0.912. The number of hydrogen-bond acceptors (Lipinski definition) is 3. The molecule has 0 bridgehead atoms. The third kappa shape index (κ3) is 4.66. The number of amides is 2. The van der Waals surface area contributed by atoms with Crippen LogP contribution in [0.1, 0.15) is 47.6 Å². The molecule has 0 radical (unpaired) electrons. The molecule has 0 aliphatic carbocycles. The third-order valence-electron chi connectivity index (χ3n) is 4.52. The van der Waals surface area contributed by atoms with Gasteiger partial charge in [0.1, 0.15) is 0 Å². The predicted octanol–water partition coefficient (Wildman–Crippen LogP) is 2.96. The second kappa shape index (κ2) is 8.42. The summed E-state index contributed by atoms with van der Waals surface area (Å²) in [6.45, 7) is 1.26. The van der Waals surface area contributed by atoms with Crippen LogP contribution in [0, 0.1) is 0 Å². The molecule has 5 heteroatoms. The van der Waals surface area contributed by atoms with Gasteiger partial charge in [0.15, 0.2) is 0 Å². The predicted molar refractivity (Wildman–Crippen MR) is 95.9 cm³/mol. The lowest BCUT2D eigenvalue weighted by atomic mass is 10.1. The Morgan fingerprint density at radius 2 is 1.84 bits per heavy atom. The van der Waals surface area contributed by atoms with E-state index < -0.39 is 0 Å². The molecular formula is C20H23N3O2. The van der Waals surface area contributed by atoms with Gasteiger partial charge >= 0.3 is 0 Å². The number of aromatic nitrogens is 1. The van der Waals surface area contributed by atoms with Crippen LogP contribution in [0.25, 0.3) is 0 Å². The fourth-order valence-corrected chi connectivity index (χ4v) is 3.12. The van der Waals surface area contributed by atoms with Gasteiger partial charge in [-0.3, -0.25) is 14.6 Å². The molecule has 1 fully saturated rings. The number of pyridine rings is 1. The molecule has 1 aromatic carbocycles. The van der Waals surface area contributed by atoms with Crippen molar-refractivity contribution in [2.24, 2.45) is 0 Å². The molecule has 0 spiro atoms. The van der Waals surface area contributed by atoms with Gasteiger partial charge < -0.3 is 10.2 Å². The lowest BCUT2D eigenvalue weighted by molar-refractivity contribution is -0.131. The summed E-state index contributed by atoms with van der Waals surface area (Å²) in [6.07, 6.45) is 6.86. The summed E-state index contributed by atoms with van der Waals surface area (Å²) in [5.74, 6) is 0.0233. The highest BCUT2D eigenvalue weighted by Crippen LogP contribution is 2.19. The van der Waals surface area contributed by atoms with Crippen LogP contribution in [-0.2, 0) is 4.79 Å². The Hall–Kier alpha value is -2.69. The molecule has 2 heterocycles. The van der Waals surface area contributed by atoms with E-state index in [1.807, 2.05) is 35.2 Å². The molecule has 2 aromatic rings. The van der Waals surface area contributed by atoms with Crippen molar-refractivity contribution in [1.29, 1.82) is 0 Å². The van der Waals surface area contributed by atoms with Crippen molar-refractivity contribution in [3.8, 4) is 0 Å².